The first kappa shape index (κ1) is 12.6. The first-order valence-electron chi connectivity index (χ1n) is 5.09. The van der Waals surface area contributed by atoms with Crippen LogP contribution in [0.15, 0.2) is 0 Å². The quantitative estimate of drug-likeness (QED) is 0.655. The molecule has 16 heavy (non-hydrogen) atoms. The van der Waals surface area contributed by atoms with Crippen molar-refractivity contribution in [2.45, 2.75) is 26.8 Å². The van der Waals surface area contributed by atoms with Crippen molar-refractivity contribution >= 4 is 29.1 Å². The van der Waals surface area contributed by atoms with Crippen LogP contribution in [-0.4, -0.2) is 32.5 Å². The molecule has 0 amide bonds. The molecule has 0 aliphatic heterocycles. The molecule has 1 rings (SSSR count). The number of hydrogen-bond donors (Lipinski definition) is 3. The number of nitrogens with zero attached hydrogens (tertiary/aromatic N) is 3. The third-order valence-electron chi connectivity index (χ3n) is 1.61. The van der Waals surface area contributed by atoms with Gasteiger partial charge in [-0.25, -0.2) is 0 Å². The van der Waals surface area contributed by atoms with Gasteiger partial charge in [0.05, 0.1) is 0 Å². The predicted octanol–water partition coefficient (Wildman–Crippen LogP) is 0.758. The Hall–Kier alpha value is -1.50. The average molecular weight is 240 g/mol. The van der Waals surface area contributed by atoms with Crippen molar-refractivity contribution in [2.24, 2.45) is 5.73 Å². The topological polar surface area (TPSA) is 88.8 Å². The van der Waals surface area contributed by atoms with Crippen molar-refractivity contribution in [1.29, 1.82) is 0 Å². The van der Waals surface area contributed by atoms with Gasteiger partial charge in [0.1, 0.15) is 4.99 Å². The number of thiocarbonyl (C=S) groups is 1. The average Bonchev–Trinajstić information content (AvgIpc) is 2.16. The normalized spacial score (nSPS) is 10.2. The van der Waals surface area contributed by atoms with E-state index in [-0.39, 0.29) is 11.0 Å². The molecule has 1 aromatic rings. The highest BCUT2D eigenvalue weighted by molar-refractivity contribution is 7.80. The van der Waals surface area contributed by atoms with Crippen LogP contribution in [-0.2, 0) is 0 Å². The van der Waals surface area contributed by atoms with Gasteiger partial charge in [-0.2, -0.15) is 15.0 Å². The summed E-state index contributed by atoms with van der Waals surface area (Å²) in [5, 5.41) is 6.08. The minimum absolute atomic E-state index is 0.161. The molecule has 0 saturated heterocycles. The lowest BCUT2D eigenvalue weighted by molar-refractivity contribution is 0.864. The second-order valence-corrected chi connectivity index (χ2v) is 3.94. The molecule has 0 bridgehead atoms. The molecule has 1 aromatic heterocycles. The van der Waals surface area contributed by atoms with E-state index in [1.54, 1.807) is 0 Å². The Balaban J connectivity index is 3.03. The van der Waals surface area contributed by atoms with Gasteiger partial charge < -0.3 is 16.4 Å². The highest BCUT2D eigenvalue weighted by atomic mass is 32.1. The van der Waals surface area contributed by atoms with E-state index in [0.29, 0.717) is 17.7 Å². The number of aromatic nitrogens is 3. The summed E-state index contributed by atoms with van der Waals surface area (Å²) in [6.45, 7) is 6.68. The first-order chi connectivity index (χ1) is 7.52. The second-order valence-electron chi connectivity index (χ2n) is 3.50. The number of rotatable bonds is 5. The van der Waals surface area contributed by atoms with Crippen LogP contribution in [0.5, 0.6) is 0 Å². The van der Waals surface area contributed by atoms with Gasteiger partial charge in [-0.15, -0.1) is 0 Å². The van der Waals surface area contributed by atoms with Crippen LogP contribution in [0.25, 0.3) is 0 Å². The Morgan fingerprint density at radius 2 is 1.94 bits per heavy atom. The van der Waals surface area contributed by atoms with Crippen LogP contribution in [0, 0.1) is 0 Å². The smallest absolute Gasteiger partial charge is 0.228 e. The third-order valence-corrected chi connectivity index (χ3v) is 1.79. The van der Waals surface area contributed by atoms with E-state index in [9.17, 15) is 0 Å². The van der Waals surface area contributed by atoms with Crippen molar-refractivity contribution in [2.75, 3.05) is 17.2 Å². The lowest BCUT2D eigenvalue weighted by atomic mass is 10.4. The Labute approximate surface area is 100 Å². The monoisotopic (exact) mass is 240 g/mol. The van der Waals surface area contributed by atoms with Gasteiger partial charge in [-0.05, 0) is 20.8 Å². The van der Waals surface area contributed by atoms with E-state index in [4.69, 9.17) is 18.0 Å². The molecule has 0 saturated carbocycles. The maximum Gasteiger partial charge on any atom is 0.228 e. The first-order valence-corrected chi connectivity index (χ1v) is 5.50. The molecule has 4 N–H and O–H groups in total. The van der Waals surface area contributed by atoms with E-state index in [1.807, 2.05) is 20.8 Å². The Morgan fingerprint density at radius 3 is 2.44 bits per heavy atom. The fourth-order valence-electron chi connectivity index (χ4n) is 1.05. The minimum Gasteiger partial charge on any atom is -0.387 e. The van der Waals surface area contributed by atoms with Crippen molar-refractivity contribution < 1.29 is 0 Å². The zero-order chi connectivity index (χ0) is 12.1. The van der Waals surface area contributed by atoms with Crippen molar-refractivity contribution in [1.82, 2.24) is 15.0 Å². The molecule has 88 valence electrons. The summed E-state index contributed by atoms with van der Waals surface area (Å²) >= 11 is 4.85. The number of nitrogens with one attached hydrogen (secondary N) is 2. The highest BCUT2D eigenvalue weighted by Crippen LogP contribution is 2.06. The molecular formula is C9H16N6S. The van der Waals surface area contributed by atoms with Crippen LogP contribution >= 0.6 is 12.2 Å². The minimum atomic E-state index is 0.161. The van der Waals surface area contributed by atoms with E-state index >= 15 is 0 Å². The molecule has 7 heteroatoms. The molecule has 0 aromatic carbocycles. The third kappa shape index (κ3) is 3.58. The Morgan fingerprint density at radius 1 is 1.31 bits per heavy atom. The standard InChI is InChI=1S/C9H16N6S/c1-4-11-8-13-7(6(10)16)14-9(15-8)12-5(2)3/h5H,4H2,1-3H3,(H2,10,16)(H2,11,12,13,14,15). The summed E-state index contributed by atoms with van der Waals surface area (Å²) in [5.74, 6) is 1.27. The van der Waals surface area contributed by atoms with Gasteiger partial charge in [0.15, 0.2) is 5.82 Å². The molecule has 0 unspecified atom stereocenters. The zero-order valence-electron chi connectivity index (χ0n) is 9.61. The zero-order valence-corrected chi connectivity index (χ0v) is 10.4. The van der Waals surface area contributed by atoms with Gasteiger partial charge in [0.25, 0.3) is 0 Å². The van der Waals surface area contributed by atoms with E-state index in [1.165, 1.54) is 0 Å². The van der Waals surface area contributed by atoms with Gasteiger partial charge in [0, 0.05) is 12.6 Å². The highest BCUT2D eigenvalue weighted by Gasteiger charge is 2.08. The SMILES string of the molecule is CCNc1nc(NC(C)C)nc(C(N)=S)n1. The molecule has 1 heterocycles. The molecule has 6 nitrogen and oxygen atoms in total. The summed E-state index contributed by atoms with van der Waals surface area (Å²) in [6, 6.07) is 0.232. The van der Waals surface area contributed by atoms with Crippen LogP contribution in [0.4, 0.5) is 11.9 Å². The van der Waals surface area contributed by atoms with Crippen LogP contribution in [0.2, 0.25) is 0 Å². The van der Waals surface area contributed by atoms with Gasteiger partial charge in [-0.1, -0.05) is 12.2 Å². The molecule has 0 aliphatic rings. The number of hydrogen-bond acceptors (Lipinski definition) is 6. The molecule has 0 atom stereocenters. The lowest BCUT2D eigenvalue weighted by Gasteiger charge is -2.10. The van der Waals surface area contributed by atoms with Crippen LogP contribution in [0.3, 0.4) is 0 Å². The number of nitrogens with two attached hydrogens (primary N) is 1. The summed E-state index contributed by atoms with van der Waals surface area (Å²) in [4.78, 5) is 12.6. The van der Waals surface area contributed by atoms with Crippen molar-refractivity contribution in [3.8, 4) is 0 Å². The summed E-state index contributed by atoms with van der Waals surface area (Å²) in [5.41, 5.74) is 5.50. The molecule has 0 spiro atoms. The maximum absolute atomic E-state index is 5.50. The van der Waals surface area contributed by atoms with Gasteiger partial charge in [-0.3, -0.25) is 0 Å². The molecule has 0 aliphatic carbocycles. The summed E-state index contributed by atoms with van der Waals surface area (Å²) in [6.07, 6.45) is 0. The lowest BCUT2D eigenvalue weighted by Crippen LogP contribution is -2.20. The Kier molecular flexibility index (Phi) is 4.36. The second kappa shape index (κ2) is 5.55. The number of anilines is 2. The fraction of sp³-hybridized carbons (Fsp3) is 0.556. The summed E-state index contributed by atoms with van der Waals surface area (Å²) < 4.78 is 0. The largest absolute Gasteiger partial charge is 0.387 e. The predicted molar refractivity (Wildman–Crippen MR) is 68.6 cm³/mol. The molecular weight excluding hydrogens is 224 g/mol. The van der Waals surface area contributed by atoms with Crippen molar-refractivity contribution in [3.63, 3.8) is 0 Å². The van der Waals surface area contributed by atoms with Crippen LogP contribution in [0.1, 0.15) is 26.6 Å². The summed E-state index contributed by atoms with van der Waals surface area (Å²) in [7, 11) is 0. The van der Waals surface area contributed by atoms with E-state index < -0.39 is 0 Å². The van der Waals surface area contributed by atoms with Gasteiger partial charge >= 0.3 is 0 Å². The van der Waals surface area contributed by atoms with E-state index in [2.05, 4.69) is 25.6 Å². The molecule has 0 radical (unpaired) electrons. The van der Waals surface area contributed by atoms with Gasteiger partial charge in [0.2, 0.25) is 11.9 Å². The van der Waals surface area contributed by atoms with Crippen molar-refractivity contribution in [3.05, 3.63) is 5.82 Å². The fourth-order valence-corrected chi connectivity index (χ4v) is 1.14. The molecule has 0 fully saturated rings. The maximum atomic E-state index is 5.50. The van der Waals surface area contributed by atoms with Crippen LogP contribution < -0.4 is 16.4 Å². The van der Waals surface area contributed by atoms with E-state index in [0.717, 1.165) is 6.54 Å². The Bertz CT molecular complexity index is 378.